The summed E-state index contributed by atoms with van der Waals surface area (Å²) in [6.45, 7) is -0.440. The van der Waals surface area contributed by atoms with E-state index in [0.29, 0.717) is 0 Å². The lowest BCUT2D eigenvalue weighted by Crippen LogP contribution is -2.32. The van der Waals surface area contributed by atoms with Gasteiger partial charge < -0.3 is 10.1 Å². The molecule has 132 valence electrons. The number of rotatable bonds is 6. The molecule has 26 heavy (non-hydrogen) atoms. The molecule has 0 aliphatic heterocycles. The molecule has 0 aliphatic carbocycles. The first kappa shape index (κ1) is 17.8. The lowest BCUT2D eigenvalue weighted by molar-refractivity contribution is -0.124. The van der Waals surface area contributed by atoms with Gasteiger partial charge in [-0.15, -0.1) is 11.3 Å². The third-order valence-electron chi connectivity index (χ3n) is 3.66. The fraction of sp³-hybridized carbons (Fsp3) is 0.100. The maximum absolute atomic E-state index is 13.2. The van der Waals surface area contributed by atoms with Crippen LogP contribution in [0.25, 0.3) is 0 Å². The van der Waals surface area contributed by atoms with Gasteiger partial charge in [0.1, 0.15) is 5.82 Å². The number of hydrogen-bond acceptors (Lipinski definition) is 4. The number of esters is 1. The van der Waals surface area contributed by atoms with Crippen LogP contribution in [0.5, 0.6) is 0 Å². The molecule has 1 atom stereocenters. The Balaban J connectivity index is 1.64. The number of thiophene rings is 1. The van der Waals surface area contributed by atoms with Crippen molar-refractivity contribution in [2.45, 2.75) is 6.04 Å². The summed E-state index contributed by atoms with van der Waals surface area (Å²) in [5.41, 5.74) is 0.996. The number of ether oxygens (including phenoxy) is 1. The van der Waals surface area contributed by atoms with Crippen LogP contribution in [0.3, 0.4) is 0 Å². The van der Waals surface area contributed by atoms with E-state index in [9.17, 15) is 14.0 Å². The van der Waals surface area contributed by atoms with Crippen molar-refractivity contribution in [3.8, 4) is 0 Å². The van der Waals surface area contributed by atoms with Gasteiger partial charge in [0.25, 0.3) is 5.91 Å². The monoisotopic (exact) mass is 369 g/mol. The molecule has 3 aromatic rings. The molecule has 6 heteroatoms. The Hall–Kier alpha value is -2.99. The smallest absolute Gasteiger partial charge is 0.338 e. The molecule has 1 N–H and O–H groups in total. The van der Waals surface area contributed by atoms with Crippen LogP contribution < -0.4 is 5.32 Å². The number of benzene rings is 2. The number of carbonyl (C=O) groups excluding carboxylic acids is 2. The highest BCUT2D eigenvalue weighted by Crippen LogP contribution is 2.25. The third kappa shape index (κ3) is 4.55. The predicted octanol–water partition coefficient (Wildman–Crippen LogP) is 3.95. The number of hydrogen-bond donors (Lipinski definition) is 1. The molecule has 0 bridgehead atoms. The van der Waals surface area contributed by atoms with Crippen LogP contribution in [0.1, 0.15) is 26.8 Å². The molecule has 2 aromatic carbocycles. The molecule has 1 heterocycles. The van der Waals surface area contributed by atoms with E-state index in [4.69, 9.17) is 4.74 Å². The van der Waals surface area contributed by atoms with E-state index < -0.39 is 24.3 Å². The summed E-state index contributed by atoms with van der Waals surface area (Å²) in [6, 6.07) is 18.2. The lowest BCUT2D eigenvalue weighted by Gasteiger charge is -2.18. The molecule has 4 nitrogen and oxygen atoms in total. The molecular weight excluding hydrogens is 353 g/mol. The van der Waals surface area contributed by atoms with Gasteiger partial charge in [0.2, 0.25) is 0 Å². The van der Waals surface area contributed by atoms with Crippen LogP contribution >= 0.6 is 11.3 Å². The van der Waals surface area contributed by atoms with Gasteiger partial charge >= 0.3 is 5.97 Å². The first-order valence-corrected chi connectivity index (χ1v) is 8.82. The van der Waals surface area contributed by atoms with E-state index >= 15 is 0 Å². The highest BCUT2D eigenvalue weighted by molar-refractivity contribution is 7.10. The maximum atomic E-state index is 13.2. The fourth-order valence-electron chi connectivity index (χ4n) is 2.45. The number of carbonyl (C=O) groups is 2. The van der Waals surface area contributed by atoms with Crippen LogP contribution in [-0.4, -0.2) is 18.5 Å². The van der Waals surface area contributed by atoms with Gasteiger partial charge in [0.05, 0.1) is 11.6 Å². The fourth-order valence-corrected chi connectivity index (χ4v) is 3.25. The molecule has 1 amide bonds. The third-order valence-corrected chi connectivity index (χ3v) is 4.60. The average molecular weight is 369 g/mol. The second-order valence-electron chi connectivity index (χ2n) is 5.51. The summed E-state index contributed by atoms with van der Waals surface area (Å²) in [5, 5.41) is 4.81. The molecular formula is C20H16FNO3S. The molecule has 0 aliphatic rings. The minimum absolute atomic E-state index is 0.0654. The standard InChI is InChI=1S/C20H16FNO3S/c21-16-9-4-8-15(12-16)20(24)25-13-18(23)22-19(17-10-5-11-26-17)14-6-2-1-3-7-14/h1-12,19H,13H2,(H,22,23)/t19-/m0/s1. The second-order valence-corrected chi connectivity index (χ2v) is 6.49. The van der Waals surface area contributed by atoms with Crippen molar-refractivity contribution >= 4 is 23.2 Å². The average Bonchev–Trinajstić information content (AvgIpc) is 3.19. The van der Waals surface area contributed by atoms with E-state index in [1.165, 1.54) is 29.5 Å². The highest BCUT2D eigenvalue weighted by Gasteiger charge is 2.19. The van der Waals surface area contributed by atoms with Crippen LogP contribution in [0, 0.1) is 5.82 Å². The second kappa shape index (κ2) is 8.40. The molecule has 3 rings (SSSR count). The first-order valence-electron chi connectivity index (χ1n) is 7.94. The Kier molecular flexibility index (Phi) is 5.76. The number of nitrogens with one attached hydrogen (secondary N) is 1. The van der Waals surface area contributed by atoms with Gasteiger partial charge in [0.15, 0.2) is 6.61 Å². The van der Waals surface area contributed by atoms with E-state index in [1.807, 2.05) is 47.8 Å². The topological polar surface area (TPSA) is 55.4 Å². The van der Waals surface area contributed by atoms with E-state index in [0.717, 1.165) is 16.5 Å². The minimum Gasteiger partial charge on any atom is -0.452 e. The largest absolute Gasteiger partial charge is 0.452 e. The van der Waals surface area contributed by atoms with Crippen molar-refractivity contribution in [1.29, 1.82) is 0 Å². The molecule has 0 saturated heterocycles. The Morgan fingerprint density at radius 1 is 1.04 bits per heavy atom. The summed E-state index contributed by atoms with van der Waals surface area (Å²) in [5.74, 6) is -1.71. The summed E-state index contributed by atoms with van der Waals surface area (Å²) in [4.78, 5) is 25.2. The van der Waals surface area contributed by atoms with E-state index in [-0.39, 0.29) is 11.6 Å². The first-order chi connectivity index (χ1) is 12.6. The molecule has 0 saturated carbocycles. The van der Waals surface area contributed by atoms with Gasteiger partial charge in [-0.2, -0.15) is 0 Å². The highest BCUT2D eigenvalue weighted by atomic mass is 32.1. The van der Waals surface area contributed by atoms with Gasteiger partial charge in [-0.25, -0.2) is 9.18 Å². The zero-order valence-corrected chi connectivity index (χ0v) is 14.5. The minimum atomic E-state index is -0.743. The van der Waals surface area contributed by atoms with Gasteiger partial charge in [0, 0.05) is 4.88 Å². The quantitative estimate of drug-likeness (QED) is 0.670. The van der Waals surface area contributed by atoms with Gasteiger partial charge in [-0.05, 0) is 35.2 Å². The summed E-state index contributed by atoms with van der Waals surface area (Å²) >= 11 is 1.53. The molecule has 0 unspecified atom stereocenters. The van der Waals surface area contributed by atoms with E-state index in [2.05, 4.69) is 5.32 Å². The number of amides is 1. The Morgan fingerprint density at radius 2 is 1.85 bits per heavy atom. The van der Waals surface area contributed by atoms with Crippen molar-refractivity contribution in [3.05, 3.63) is 93.9 Å². The Bertz CT molecular complexity index is 881. The van der Waals surface area contributed by atoms with E-state index in [1.54, 1.807) is 0 Å². The van der Waals surface area contributed by atoms with Crippen LogP contribution in [0.2, 0.25) is 0 Å². The molecule has 0 radical (unpaired) electrons. The zero-order valence-electron chi connectivity index (χ0n) is 13.7. The van der Waals surface area contributed by atoms with Crippen molar-refractivity contribution in [2.24, 2.45) is 0 Å². The van der Waals surface area contributed by atoms with Crippen LogP contribution in [0.15, 0.2) is 72.1 Å². The van der Waals surface area contributed by atoms with Crippen molar-refractivity contribution < 1.29 is 18.7 Å². The predicted molar refractivity (Wildman–Crippen MR) is 97.4 cm³/mol. The van der Waals surface area contributed by atoms with Crippen molar-refractivity contribution in [1.82, 2.24) is 5.32 Å². The summed E-state index contributed by atoms with van der Waals surface area (Å²) in [7, 11) is 0. The SMILES string of the molecule is O=C(COC(=O)c1cccc(F)c1)N[C@@H](c1ccccc1)c1cccs1. The molecule has 0 spiro atoms. The van der Waals surface area contributed by atoms with Crippen molar-refractivity contribution in [2.75, 3.05) is 6.61 Å². The van der Waals surface area contributed by atoms with Crippen LogP contribution in [0.4, 0.5) is 4.39 Å². The number of halogens is 1. The summed E-state index contributed by atoms with van der Waals surface area (Å²) in [6.07, 6.45) is 0. The Morgan fingerprint density at radius 3 is 2.54 bits per heavy atom. The van der Waals surface area contributed by atoms with Gasteiger partial charge in [-0.1, -0.05) is 42.5 Å². The Labute approximate surface area is 154 Å². The maximum Gasteiger partial charge on any atom is 0.338 e. The van der Waals surface area contributed by atoms with Crippen LogP contribution in [-0.2, 0) is 9.53 Å². The van der Waals surface area contributed by atoms with Gasteiger partial charge in [-0.3, -0.25) is 4.79 Å². The van der Waals surface area contributed by atoms with Crippen molar-refractivity contribution in [3.63, 3.8) is 0 Å². The zero-order chi connectivity index (χ0) is 18.4. The lowest BCUT2D eigenvalue weighted by atomic mass is 10.1. The summed E-state index contributed by atoms with van der Waals surface area (Å²) < 4.78 is 18.1. The normalized spacial score (nSPS) is 11.6. The molecule has 0 fully saturated rings. The molecule has 1 aromatic heterocycles.